The van der Waals surface area contributed by atoms with Gasteiger partial charge in [0.05, 0.1) is 19.8 Å². The van der Waals surface area contributed by atoms with Gasteiger partial charge in [0.15, 0.2) is 5.96 Å². The molecule has 0 aromatic rings. The first-order chi connectivity index (χ1) is 9.89. The molecule has 0 rings (SSSR count). The van der Waals surface area contributed by atoms with E-state index < -0.39 is 0 Å². The van der Waals surface area contributed by atoms with Crippen LogP contribution in [0.2, 0.25) is 0 Å². The molecule has 0 saturated carbocycles. The van der Waals surface area contributed by atoms with Crippen LogP contribution in [-0.4, -0.2) is 64.0 Å². The largest absolute Gasteiger partial charge is 0.382 e. The Morgan fingerprint density at radius 2 is 1.82 bits per heavy atom. The van der Waals surface area contributed by atoms with E-state index in [1.807, 2.05) is 27.7 Å². The van der Waals surface area contributed by atoms with E-state index in [0.29, 0.717) is 32.3 Å². The van der Waals surface area contributed by atoms with Gasteiger partial charge in [-0.25, -0.2) is 4.99 Å². The maximum absolute atomic E-state index is 11.7. The summed E-state index contributed by atoms with van der Waals surface area (Å²) in [5.41, 5.74) is -0.242. The van der Waals surface area contributed by atoms with Crippen molar-refractivity contribution in [3.05, 3.63) is 0 Å². The Labute approximate surface area is 151 Å². The van der Waals surface area contributed by atoms with Gasteiger partial charge in [-0.15, -0.1) is 24.0 Å². The minimum absolute atomic E-state index is 0. The lowest BCUT2D eigenvalue weighted by Crippen LogP contribution is -2.43. The standard InChI is InChI=1S/C14H30N4O3.HI/c1-6-15-13(16-7-8-21-10-9-20-5)17-11-12(19)18-14(2,3)4;/h6-11H2,1-5H3,(H,18,19)(H2,15,16,17);1H. The number of hydrogen-bond donors (Lipinski definition) is 3. The number of carbonyl (C=O) groups excluding carboxylic acids is 1. The summed E-state index contributed by atoms with van der Waals surface area (Å²) in [7, 11) is 1.64. The molecule has 0 bridgehead atoms. The number of amides is 1. The minimum Gasteiger partial charge on any atom is -0.382 e. The molecular weight excluding hydrogens is 399 g/mol. The zero-order valence-electron chi connectivity index (χ0n) is 14.3. The zero-order valence-corrected chi connectivity index (χ0v) is 16.7. The first-order valence-electron chi connectivity index (χ1n) is 7.29. The SMILES string of the molecule is CCNC(=NCC(=O)NC(C)(C)C)NCCOCCOC.I. The smallest absolute Gasteiger partial charge is 0.242 e. The third-order valence-electron chi connectivity index (χ3n) is 2.21. The van der Waals surface area contributed by atoms with Crippen LogP contribution in [-0.2, 0) is 14.3 Å². The van der Waals surface area contributed by atoms with Crippen molar-refractivity contribution >= 4 is 35.8 Å². The Morgan fingerprint density at radius 1 is 1.14 bits per heavy atom. The van der Waals surface area contributed by atoms with Crippen molar-refractivity contribution in [3.63, 3.8) is 0 Å². The van der Waals surface area contributed by atoms with Crippen LogP contribution in [0.25, 0.3) is 0 Å². The molecule has 0 unspecified atom stereocenters. The Morgan fingerprint density at radius 3 is 2.36 bits per heavy atom. The van der Waals surface area contributed by atoms with Crippen molar-refractivity contribution in [2.45, 2.75) is 33.2 Å². The molecule has 7 nitrogen and oxygen atoms in total. The lowest BCUT2D eigenvalue weighted by Gasteiger charge is -2.20. The Kier molecular flexibility index (Phi) is 15.1. The maximum atomic E-state index is 11.7. The van der Waals surface area contributed by atoms with Gasteiger partial charge >= 0.3 is 0 Å². The van der Waals surface area contributed by atoms with Crippen LogP contribution in [0.1, 0.15) is 27.7 Å². The fourth-order valence-corrected chi connectivity index (χ4v) is 1.44. The van der Waals surface area contributed by atoms with Crippen LogP contribution < -0.4 is 16.0 Å². The number of hydrogen-bond acceptors (Lipinski definition) is 4. The van der Waals surface area contributed by atoms with Crippen LogP contribution >= 0.6 is 24.0 Å². The van der Waals surface area contributed by atoms with Gasteiger partial charge in [-0.3, -0.25) is 4.79 Å². The van der Waals surface area contributed by atoms with Crippen molar-refractivity contribution in [1.29, 1.82) is 0 Å². The lowest BCUT2D eigenvalue weighted by atomic mass is 10.1. The van der Waals surface area contributed by atoms with Crippen LogP contribution in [0.4, 0.5) is 0 Å². The third-order valence-corrected chi connectivity index (χ3v) is 2.21. The summed E-state index contributed by atoms with van der Waals surface area (Å²) in [4.78, 5) is 15.9. The highest BCUT2D eigenvalue weighted by Gasteiger charge is 2.13. The number of methoxy groups -OCH3 is 1. The Hall–Kier alpha value is -0.610. The first-order valence-corrected chi connectivity index (χ1v) is 7.29. The second-order valence-electron chi connectivity index (χ2n) is 5.53. The lowest BCUT2D eigenvalue weighted by molar-refractivity contribution is -0.121. The van der Waals surface area contributed by atoms with Crippen LogP contribution in [0.5, 0.6) is 0 Å². The minimum atomic E-state index is -0.242. The molecule has 0 aliphatic rings. The number of ether oxygens (including phenoxy) is 2. The van der Waals surface area contributed by atoms with Gasteiger partial charge in [-0.1, -0.05) is 0 Å². The number of halogens is 1. The molecule has 0 aliphatic carbocycles. The highest BCUT2D eigenvalue weighted by molar-refractivity contribution is 14.0. The van der Waals surface area contributed by atoms with Gasteiger partial charge in [0, 0.05) is 25.7 Å². The summed E-state index contributed by atoms with van der Waals surface area (Å²) in [5, 5.41) is 9.06. The van der Waals surface area contributed by atoms with Crippen molar-refractivity contribution in [3.8, 4) is 0 Å². The summed E-state index contributed by atoms with van der Waals surface area (Å²) in [6, 6.07) is 0. The van der Waals surface area contributed by atoms with Crippen molar-refractivity contribution in [2.75, 3.05) is 46.6 Å². The van der Waals surface area contributed by atoms with Gasteiger partial charge < -0.3 is 25.4 Å². The molecule has 132 valence electrons. The van der Waals surface area contributed by atoms with Crippen molar-refractivity contribution in [2.24, 2.45) is 4.99 Å². The number of carbonyl (C=O) groups is 1. The predicted octanol–water partition coefficient (Wildman–Crippen LogP) is 0.737. The van der Waals surface area contributed by atoms with Crippen LogP contribution in [0.15, 0.2) is 4.99 Å². The molecule has 0 atom stereocenters. The van der Waals surface area contributed by atoms with Crippen LogP contribution in [0, 0.1) is 0 Å². The van der Waals surface area contributed by atoms with E-state index in [9.17, 15) is 4.79 Å². The number of nitrogens with one attached hydrogen (secondary N) is 3. The molecule has 0 heterocycles. The van der Waals surface area contributed by atoms with E-state index >= 15 is 0 Å². The van der Waals surface area contributed by atoms with E-state index in [2.05, 4.69) is 20.9 Å². The zero-order chi connectivity index (χ0) is 16.1. The molecule has 0 aromatic heterocycles. The number of rotatable bonds is 9. The quantitative estimate of drug-likeness (QED) is 0.218. The Bertz CT molecular complexity index is 320. The number of nitrogens with zero attached hydrogens (tertiary/aromatic N) is 1. The molecule has 1 amide bonds. The van der Waals surface area contributed by atoms with E-state index in [1.165, 1.54) is 0 Å². The second-order valence-corrected chi connectivity index (χ2v) is 5.53. The second kappa shape index (κ2) is 14.0. The molecule has 0 radical (unpaired) electrons. The fraction of sp³-hybridized carbons (Fsp3) is 0.857. The molecule has 22 heavy (non-hydrogen) atoms. The summed E-state index contributed by atoms with van der Waals surface area (Å²) >= 11 is 0. The summed E-state index contributed by atoms with van der Waals surface area (Å²) in [6.07, 6.45) is 0. The average molecular weight is 430 g/mol. The summed E-state index contributed by atoms with van der Waals surface area (Å²) < 4.78 is 10.2. The van der Waals surface area contributed by atoms with Gasteiger partial charge in [0.25, 0.3) is 0 Å². The topological polar surface area (TPSA) is 84.0 Å². The normalized spacial score (nSPS) is 11.6. The van der Waals surface area contributed by atoms with Gasteiger partial charge in [-0.2, -0.15) is 0 Å². The average Bonchev–Trinajstić information content (AvgIpc) is 2.37. The molecule has 0 fully saturated rings. The monoisotopic (exact) mass is 430 g/mol. The number of guanidine groups is 1. The van der Waals surface area contributed by atoms with E-state index in [-0.39, 0.29) is 42.0 Å². The highest BCUT2D eigenvalue weighted by atomic mass is 127. The molecular formula is C14H31IN4O3. The van der Waals surface area contributed by atoms with E-state index in [4.69, 9.17) is 9.47 Å². The number of aliphatic imine (C=N–C) groups is 1. The Balaban J connectivity index is 0. The van der Waals surface area contributed by atoms with Crippen molar-refractivity contribution < 1.29 is 14.3 Å². The molecule has 0 aromatic carbocycles. The highest BCUT2D eigenvalue weighted by Crippen LogP contribution is 1.97. The summed E-state index contributed by atoms with van der Waals surface area (Å²) in [6.45, 7) is 11.0. The molecule has 0 aliphatic heterocycles. The molecule has 3 N–H and O–H groups in total. The van der Waals surface area contributed by atoms with Crippen LogP contribution in [0.3, 0.4) is 0 Å². The van der Waals surface area contributed by atoms with Gasteiger partial charge in [0.2, 0.25) is 5.91 Å². The maximum Gasteiger partial charge on any atom is 0.242 e. The predicted molar refractivity (Wildman–Crippen MR) is 100.0 cm³/mol. The molecule has 8 heteroatoms. The molecule has 0 spiro atoms. The van der Waals surface area contributed by atoms with E-state index in [0.717, 1.165) is 6.54 Å². The van der Waals surface area contributed by atoms with E-state index in [1.54, 1.807) is 7.11 Å². The van der Waals surface area contributed by atoms with Crippen molar-refractivity contribution in [1.82, 2.24) is 16.0 Å². The first kappa shape index (κ1) is 23.7. The van der Waals surface area contributed by atoms with Gasteiger partial charge in [0.1, 0.15) is 6.54 Å². The molecule has 0 saturated heterocycles. The van der Waals surface area contributed by atoms with Gasteiger partial charge in [-0.05, 0) is 27.7 Å². The fourth-order valence-electron chi connectivity index (χ4n) is 1.44. The third kappa shape index (κ3) is 15.8. The summed E-state index contributed by atoms with van der Waals surface area (Å²) in [5.74, 6) is 0.507.